The van der Waals surface area contributed by atoms with Gasteiger partial charge in [-0.25, -0.2) is 8.42 Å². The fraction of sp³-hybridized carbons (Fsp3) is 0.632. The number of hydrogen-bond acceptors (Lipinski definition) is 5. The fourth-order valence-electron chi connectivity index (χ4n) is 3.55. The Bertz CT molecular complexity index is 771. The highest BCUT2D eigenvalue weighted by molar-refractivity contribution is 14.0. The number of guanidine groups is 1. The Morgan fingerprint density at radius 1 is 1.14 bits per heavy atom. The average molecular weight is 556 g/mol. The molecule has 0 atom stereocenters. The first kappa shape index (κ1) is 24.5. The summed E-state index contributed by atoms with van der Waals surface area (Å²) in [5.74, 6) is 1.47. The maximum atomic E-state index is 11.5. The van der Waals surface area contributed by atoms with Crippen LogP contribution in [0, 0.1) is 0 Å². The lowest BCUT2D eigenvalue weighted by Crippen LogP contribution is -2.52. The van der Waals surface area contributed by atoms with Crippen molar-refractivity contribution in [3.8, 4) is 0 Å². The Balaban J connectivity index is 0.00000300. The van der Waals surface area contributed by atoms with Crippen LogP contribution in [0.1, 0.15) is 6.92 Å². The molecule has 2 fully saturated rings. The van der Waals surface area contributed by atoms with Crippen LogP contribution in [-0.2, 0) is 9.84 Å². The minimum Gasteiger partial charge on any atom is -0.368 e. The second-order valence-electron chi connectivity index (χ2n) is 7.18. The predicted octanol–water partition coefficient (Wildman–Crippen LogP) is 1.78. The predicted molar refractivity (Wildman–Crippen MR) is 132 cm³/mol. The molecule has 0 unspecified atom stereocenters. The van der Waals surface area contributed by atoms with Crippen LogP contribution >= 0.6 is 35.6 Å². The van der Waals surface area contributed by atoms with Gasteiger partial charge in [-0.15, -0.1) is 24.0 Å². The number of anilines is 1. The lowest BCUT2D eigenvalue weighted by molar-refractivity contribution is 0.302. The van der Waals surface area contributed by atoms with Crippen LogP contribution < -0.4 is 10.2 Å². The van der Waals surface area contributed by atoms with E-state index < -0.39 is 9.84 Å². The van der Waals surface area contributed by atoms with Crippen molar-refractivity contribution >= 4 is 57.1 Å². The maximum absolute atomic E-state index is 11.5. The number of piperazine rings is 1. The molecule has 164 valence electrons. The molecular weight excluding hydrogens is 525 g/mol. The van der Waals surface area contributed by atoms with Crippen molar-refractivity contribution in [2.45, 2.75) is 6.92 Å². The zero-order valence-electron chi connectivity index (χ0n) is 16.9. The number of benzene rings is 1. The van der Waals surface area contributed by atoms with Crippen LogP contribution in [0.3, 0.4) is 0 Å². The summed E-state index contributed by atoms with van der Waals surface area (Å²) in [6, 6.07) is 7.99. The highest BCUT2D eigenvalue weighted by atomic mass is 127. The Morgan fingerprint density at radius 3 is 2.45 bits per heavy atom. The number of hydrogen-bond donors (Lipinski definition) is 1. The van der Waals surface area contributed by atoms with Crippen LogP contribution in [0.15, 0.2) is 29.3 Å². The van der Waals surface area contributed by atoms with Gasteiger partial charge in [0, 0.05) is 63.1 Å². The van der Waals surface area contributed by atoms with E-state index in [9.17, 15) is 8.42 Å². The summed E-state index contributed by atoms with van der Waals surface area (Å²) >= 11 is 6.12. The van der Waals surface area contributed by atoms with E-state index in [1.807, 2.05) is 18.2 Å². The first-order valence-electron chi connectivity index (χ1n) is 9.93. The Morgan fingerprint density at radius 2 is 1.83 bits per heavy atom. The van der Waals surface area contributed by atoms with E-state index >= 15 is 0 Å². The third-order valence-corrected chi connectivity index (χ3v) is 7.05. The van der Waals surface area contributed by atoms with Crippen LogP contribution in [0.2, 0.25) is 5.02 Å². The first-order valence-corrected chi connectivity index (χ1v) is 12.1. The molecule has 2 saturated heterocycles. The smallest absolute Gasteiger partial charge is 0.194 e. The monoisotopic (exact) mass is 555 g/mol. The molecule has 0 bridgehead atoms. The van der Waals surface area contributed by atoms with Gasteiger partial charge in [0.1, 0.15) is 0 Å². The zero-order valence-corrected chi connectivity index (χ0v) is 20.8. The van der Waals surface area contributed by atoms with Gasteiger partial charge in [-0.05, 0) is 25.1 Å². The summed E-state index contributed by atoms with van der Waals surface area (Å²) in [5.41, 5.74) is 1.16. The van der Waals surface area contributed by atoms with Crippen LogP contribution in [-0.4, -0.2) is 94.6 Å². The minimum atomic E-state index is -2.82. The number of nitrogens with one attached hydrogen (secondary N) is 1. The summed E-state index contributed by atoms with van der Waals surface area (Å²) in [4.78, 5) is 11.6. The molecule has 0 radical (unpaired) electrons. The van der Waals surface area contributed by atoms with Gasteiger partial charge in [-0.1, -0.05) is 17.7 Å². The molecule has 7 nitrogen and oxygen atoms in total. The molecule has 10 heteroatoms. The number of sulfone groups is 1. The van der Waals surface area contributed by atoms with Gasteiger partial charge in [0.15, 0.2) is 15.8 Å². The SMILES string of the molecule is CCNC(=NCCN1CCS(=O)(=O)CC1)N1CCN(c2cccc(Cl)c2)CC1.I. The number of aliphatic imine (C=N–C) groups is 1. The summed E-state index contributed by atoms with van der Waals surface area (Å²) in [6.45, 7) is 9.27. The van der Waals surface area contributed by atoms with E-state index in [1.54, 1.807) is 0 Å². The van der Waals surface area contributed by atoms with Crippen molar-refractivity contribution < 1.29 is 8.42 Å². The van der Waals surface area contributed by atoms with E-state index in [4.69, 9.17) is 16.6 Å². The third kappa shape index (κ3) is 7.45. The topological polar surface area (TPSA) is 68.2 Å². The molecule has 2 aliphatic rings. The number of halogens is 2. The molecule has 0 amide bonds. The van der Waals surface area contributed by atoms with E-state index in [0.717, 1.165) is 55.9 Å². The van der Waals surface area contributed by atoms with Gasteiger partial charge >= 0.3 is 0 Å². The van der Waals surface area contributed by atoms with Gasteiger partial charge in [0.2, 0.25) is 0 Å². The molecular formula is C19H31ClIN5O2S. The standard InChI is InChI=1S/C19H30ClN5O2S.HI/c1-2-21-19(22-6-7-23-12-14-28(26,27)15-13-23)25-10-8-24(9-11-25)18-5-3-4-17(20)16-18;/h3-5,16H,2,6-15H2,1H3,(H,21,22);1H. The van der Waals surface area contributed by atoms with Crippen LogP contribution in [0.4, 0.5) is 5.69 Å². The zero-order chi connectivity index (χ0) is 20.0. The van der Waals surface area contributed by atoms with Gasteiger partial charge in [-0.3, -0.25) is 9.89 Å². The maximum Gasteiger partial charge on any atom is 0.194 e. The molecule has 2 aliphatic heterocycles. The third-order valence-electron chi connectivity index (χ3n) is 5.20. The highest BCUT2D eigenvalue weighted by Crippen LogP contribution is 2.20. The molecule has 2 heterocycles. The molecule has 0 aliphatic carbocycles. The molecule has 0 saturated carbocycles. The molecule has 0 spiro atoms. The summed E-state index contributed by atoms with van der Waals surface area (Å²) in [7, 11) is -2.82. The molecule has 1 N–H and O–H groups in total. The van der Waals surface area contributed by atoms with Gasteiger partial charge in [0.25, 0.3) is 0 Å². The van der Waals surface area contributed by atoms with E-state index in [-0.39, 0.29) is 35.5 Å². The van der Waals surface area contributed by atoms with E-state index in [2.05, 4.69) is 33.0 Å². The molecule has 29 heavy (non-hydrogen) atoms. The lowest BCUT2D eigenvalue weighted by Gasteiger charge is -2.38. The lowest BCUT2D eigenvalue weighted by atomic mass is 10.2. The second-order valence-corrected chi connectivity index (χ2v) is 9.92. The van der Waals surface area contributed by atoms with E-state index in [0.29, 0.717) is 19.6 Å². The van der Waals surface area contributed by atoms with Crippen molar-refractivity contribution in [3.05, 3.63) is 29.3 Å². The van der Waals surface area contributed by atoms with Gasteiger partial charge in [-0.2, -0.15) is 0 Å². The first-order chi connectivity index (χ1) is 13.5. The van der Waals surface area contributed by atoms with Crippen LogP contribution in [0.5, 0.6) is 0 Å². The number of rotatable bonds is 5. The fourth-order valence-corrected chi connectivity index (χ4v) is 5.01. The highest BCUT2D eigenvalue weighted by Gasteiger charge is 2.22. The summed E-state index contributed by atoms with van der Waals surface area (Å²) < 4.78 is 23.1. The largest absolute Gasteiger partial charge is 0.368 e. The van der Waals surface area contributed by atoms with Crippen LogP contribution in [0.25, 0.3) is 0 Å². The Kier molecular flexibility index (Phi) is 9.77. The summed E-state index contributed by atoms with van der Waals surface area (Å²) in [5, 5.41) is 4.15. The van der Waals surface area contributed by atoms with Gasteiger partial charge in [0.05, 0.1) is 18.1 Å². The average Bonchev–Trinajstić information content (AvgIpc) is 2.69. The second kappa shape index (κ2) is 11.6. The minimum absolute atomic E-state index is 0. The van der Waals surface area contributed by atoms with Crippen molar-refractivity contribution in [1.29, 1.82) is 0 Å². The van der Waals surface area contributed by atoms with Crippen molar-refractivity contribution in [1.82, 2.24) is 15.1 Å². The van der Waals surface area contributed by atoms with E-state index in [1.165, 1.54) is 0 Å². The number of nitrogens with zero attached hydrogens (tertiary/aromatic N) is 4. The van der Waals surface area contributed by atoms with Gasteiger partial charge < -0.3 is 15.1 Å². The Labute approximate surface area is 196 Å². The molecule has 1 aromatic rings. The summed E-state index contributed by atoms with van der Waals surface area (Å²) in [6.07, 6.45) is 0. The molecule has 1 aromatic carbocycles. The normalized spacial score (nSPS) is 20.3. The van der Waals surface area contributed by atoms with Crippen molar-refractivity contribution in [2.75, 3.05) is 75.3 Å². The Hall–Kier alpha value is -0.780. The molecule has 3 rings (SSSR count). The van der Waals surface area contributed by atoms with Crippen molar-refractivity contribution in [2.24, 2.45) is 4.99 Å². The quantitative estimate of drug-likeness (QED) is 0.339. The van der Waals surface area contributed by atoms with Crippen molar-refractivity contribution in [3.63, 3.8) is 0 Å². The molecule has 0 aromatic heterocycles.